The molecule has 0 fully saturated rings. The number of hydrogen-bond acceptors (Lipinski definition) is 3. The van der Waals surface area contributed by atoms with Crippen LogP contribution in [0.5, 0.6) is 0 Å². The lowest BCUT2D eigenvalue weighted by Crippen LogP contribution is -2.34. The van der Waals surface area contributed by atoms with Crippen LogP contribution in [0, 0.1) is 6.92 Å². The van der Waals surface area contributed by atoms with Gasteiger partial charge in [0.05, 0.1) is 0 Å². The molecule has 6 heteroatoms. The van der Waals surface area contributed by atoms with Gasteiger partial charge in [0.2, 0.25) is 0 Å². The lowest BCUT2D eigenvalue weighted by Gasteiger charge is -2.12. The van der Waals surface area contributed by atoms with Crippen LogP contribution in [0.2, 0.25) is 0 Å². The average Bonchev–Trinajstić information content (AvgIpc) is 2.75. The number of rotatable bonds is 5. The van der Waals surface area contributed by atoms with E-state index in [-0.39, 0.29) is 16.9 Å². The Kier molecular flexibility index (Phi) is 7.15. The molecular weight excluding hydrogens is 406 g/mol. The van der Waals surface area contributed by atoms with Crippen molar-refractivity contribution in [1.29, 1.82) is 0 Å². The fraction of sp³-hybridized carbons (Fsp3) is 0.160. The van der Waals surface area contributed by atoms with Crippen molar-refractivity contribution in [3.8, 4) is 0 Å². The van der Waals surface area contributed by atoms with Gasteiger partial charge in [-0.15, -0.1) is 0 Å². The third-order valence-electron chi connectivity index (χ3n) is 4.86. The Morgan fingerprint density at radius 3 is 1.94 bits per heavy atom. The molecule has 0 aliphatic carbocycles. The molecule has 5 nitrogen and oxygen atoms in total. The van der Waals surface area contributed by atoms with Crippen LogP contribution in [0.1, 0.15) is 51.6 Å². The van der Waals surface area contributed by atoms with Crippen LogP contribution >= 0.6 is 12.2 Å². The molecule has 3 aromatic rings. The molecule has 2 amide bonds. The maximum absolute atomic E-state index is 12.4. The van der Waals surface area contributed by atoms with E-state index in [9.17, 15) is 9.59 Å². The van der Waals surface area contributed by atoms with Crippen LogP contribution < -0.4 is 16.0 Å². The number of anilines is 2. The molecule has 158 valence electrons. The number of thiocarbonyl (C=S) groups is 1. The minimum atomic E-state index is -0.269. The largest absolute Gasteiger partial charge is 0.332 e. The van der Waals surface area contributed by atoms with Gasteiger partial charge in [0, 0.05) is 22.5 Å². The van der Waals surface area contributed by atoms with Crippen LogP contribution in [0.4, 0.5) is 11.4 Å². The first-order valence-electron chi connectivity index (χ1n) is 10.0. The van der Waals surface area contributed by atoms with Gasteiger partial charge in [0.25, 0.3) is 11.8 Å². The molecule has 0 heterocycles. The molecule has 31 heavy (non-hydrogen) atoms. The second-order valence-corrected chi connectivity index (χ2v) is 7.94. The molecule has 0 spiro atoms. The van der Waals surface area contributed by atoms with Crippen molar-refractivity contribution in [3.63, 3.8) is 0 Å². The van der Waals surface area contributed by atoms with Crippen LogP contribution in [0.25, 0.3) is 0 Å². The quantitative estimate of drug-likeness (QED) is 0.467. The number of hydrogen-bond donors (Lipinski definition) is 3. The Morgan fingerprint density at radius 2 is 1.35 bits per heavy atom. The zero-order valence-corrected chi connectivity index (χ0v) is 18.5. The smallest absolute Gasteiger partial charge is 0.257 e. The molecule has 3 aromatic carbocycles. The summed E-state index contributed by atoms with van der Waals surface area (Å²) < 4.78 is 0. The fourth-order valence-electron chi connectivity index (χ4n) is 3.02. The van der Waals surface area contributed by atoms with Gasteiger partial charge in [-0.1, -0.05) is 44.2 Å². The van der Waals surface area contributed by atoms with Crippen molar-refractivity contribution in [2.45, 2.75) is 26.7 Å². The molecule has 0 aromatic heterocycles. The molecule has 3 rings (SSSR count). The van der Waals surface area contributed by atoms with E-state index in [1.165, 1.54) is 5.56 Å². The number of carbonyl (C=O) groups is 2. The van der Waals surface area contributed by atoms with E-state index in [4.69, 9.17) is 12.2 Å². The summed E-state index contributed by atoms with van der Waals surface area (Å²) in [4.78, 5) is 24.8. The van der Waals surface area contributed by atoms with E-state index in [0.717, 1.165) is 5.56 Å². The van der Waals surface area contributed by atoms with E-state index < -0.39 is 0 Å². The number of carbonyl (C=O) groups excluding carboxylic acids is 2. The fourth-order valence-corrected chi connectivity index (χ4v) is 3.23. The van der Waals surface area contributed by atoms with Crippen molar-refractivity contribution in [2.24, 2.45) is 0 Å². The second-order valence-electron chi connectivity index (χ2n) is 7.53. The van der Waals surface area contributed by atoms with Crippen molar-refractivity contribution >= 4 is 40.5 Å². The molecule has 0 saturated carbocycles. The highest BCUT2D eigenvalue weighted by Crippen LogP contribution is 2.17. The predicted molar refractivity (Wildman–Crippen MR) is 130 cm³/mol. The molecule has 0 atom stereocenters. The second kappa shape index (κ2) is 10.00. The van der Waals surface area contributed by atoms with E-state index in [1.807, 2.05) is 37.3 Å². The minimum absolute atomic E-state index is 0.162. The van der Waals surface area contributed by atoms with Crippen molar-refractivity contribution in [1.82, 2.24) is 5.32 Å². The third kappa shape index (κ3) is 5.99. The van der Waals surface area contributed by atoms with Crippen LogP contribution in [0.15, 0.2) is 72.8 Å². The predicted octanol–water partition coefficient (Wildman–Crippen LogP) is 5.50. The van der Waals surface area contributed by atoms with Gasteiger partial charge < -0.3 is 10.6 Å². The summed E-state index contributed by atoms with van der Waals surface area (Å²) in [6.45, 7) is 6.11. The lowest BCUT2D eigenvalue weighted by molar-refractivity contribution is 0.0976. The highest BCUT2D eigenvalue weighted by Gasteiger charge is 2.10. The molecule has 0 unspecified atom stereocenters. The Labute approximate surface area is 187 Å². The molecule has 0 aliphatic rings. The first-order valence-corrected chi connectivity index (χ1v) is 10.4. The SMILES string of the molecule is Cc1ccccc1C(=O)Nc1ccc(NC(=S)NC(=O)c2ccc(C(C)C)cc2)cc1. The maximum atomic E-state index is 12.4. The lowest BCUT2D eigenvalue weighted by atomic mass is 10.0. The summed E-state index contributed by atoms with van der Waals surface area (Å²) in [5, 5.41) is 8.74. The van der Waals surface area contributed by atoms with Crippen LogP contribution in [-0.4, -0.2) is 16.9 Å². The number of nitrogens with one attached hydrogen (secondary N) is 3. The summed E-state index contributed by atoms with van der Waals surface area (Å²) in [5.74, 6) is -0.0238. The summed E-state index contributed by atoms with van der Waals surface area (Å²) in [6.07, 6.45) is 0. The highest BCUT2D eigenvalue weighted by atomic mass is 32.1. The minimum Gasteiger partial charge on any atom is -0.332 e. The van der Waals surface area contributed by atoms with Gasteiger partial charge >= 0.3 is 0 Å². The van der Waals surface area contributed by atoms with Gasteiger partial charge in [-0.05, 0) is 78.7 Å². The Hall–Kier alpha value is -3.51. The van der Waals surface area contributed by atoms with E-state index in [0.29, 0.717) is 28.4 Å². The first kappa shape index (κ1) is 22.2. The summed E-state index contributed by atoms with van der Waals surface area (Å²) in [7, 11) is 0. The van der Waals surface area contributed by atoms with Gasteiger partial charge in [-0.2, -0.15) is 0 Å². The van der Waals surface area contributed by atoms with Gasteiger partial charge in [-0.25, -0.2) is 0 Å². The number of benzene rings is 3. The van der Waals surface area contributed by atoms with Crippen LogP contribution in [-0.2, 0) is 0 Å². The van der Waals surface area contributed by atoms with Crippen molar-refractivity contribution in [3.05, 3.63) is 95.1 Å². The monoisotopic (exact) mass is 431 g/mol. The van der Waals surface area contributed by atoms with Crippen molar-refractivity contribution in [2.75, 3.05) is 10.6 Å². The molecule has 0 saturated heterocycles. The normalized spacial score (nSPS) is 10.5. The topological polar surface area (TPSA) is 70.2 Å². The molecule has 0 radical (unpaired) electrons. The summed E-state index contributed by atoms with van der Waals surface area (Å²) in [6, 6.07) is 22.0. The molecule has 0 aliphatic heterocycles. The van der Waals surface area contributed by atoms with Crippen LogP contribution in [0.3, 0.4) is 0 Å². The summed E-state index contributed by atoms with van der Waals surface area (Å²) in [5.41, 5.74) is 4.64. The zero-order valence-electron chi connectivity index (χ0n) is 17.7. The van der Waals surface area contributed by atoms with E-state index in [2.05, 4.69) is 29.8 Å². The third-order valence-corrected chi connectivity index (χ3v) is 5.06. The standard InChI is InChI=1S/C25H25N3O2S/c1-16(2)18-8-10-19(11-9-18)23(29)28-25(31)27-21-14-12-20(13-15-21)26-24(30)22-7-5-4-6-17(22)3/h4-16H,1-3H3,(H,26,30)(H2,27,28,29,31). The Morgan fingerprint density at radius 1 is 0.774 bits per heavy atom. The molecular formula is C25H25N3O2S. The highest BCUT2D eigenvalue weighted by molar-refractivity contribution is 7.80. The van der Waals surface area contributed by atoms with Gasteiger partial charge in [0.15, 0.2) is 5.11 Å². The number of amides is 2. The Bertz CT molecular complexity index is 1090. The van der Waals surface area contributed by atoms with Gasteiger partial charge in [0.1, 0.15) is 0 Å². The van der Waals surface area contributed by atoms with E-state index in [1.54, 1.807) is 42.5 Å². The Balaban J connectivity index is 1.55. The first-order chi connectivity index (χ1) is 14.8. The molecule has 0 bridgehead atoms. The van der Waals surface area contributed by atoms with E-state index >= 15 is 0 Å². The number of aryl methyl sites for hydroxylation is 1. The average molecular weight is 432 g/mol. The molecule has 3 N–H and O–H groups in total. The summed E-state index contributed by atoms with van der Waals surface area (Å²) >= 11 is 5.25. The zero-order chi connectivity index (χ0) is 22.4. The van der Waals surface area contributed by atoms with Crippen molar-refractivity contribution < 1.29 is 9.59 Å². The van der Waals surface area contributed by atoms with Gasteiger partial charge in [-0.3, -0.25) is 14.9 Å². The maximum Gasteiger partial charge on any atom is 0.257 e.